The van der Waals surface area contributed by atoms with E-state index in [0.29, 0.717) is 6.54 Å². The molecular formula is C18H16FN3O2. The summed E-state index contributed by atoms with van der Waals surface area (Å²) in [6.07, 6.45) is 5.10. The van der Waals surface area contributed by atoms with E-state index < -0.39 is 0 Å². The van der Waals surface area contributed by atoms with E-state index in [9.17, 15) is 9.18 Å². The Balaban J connectivity index is 2.01. The van der Waals surface area contributed by atoms with E-state index in [1.165, 1.54) is 19.1 Å². The number of benzene rings is 1. The predicted molar refractivity (Wildman–Crippen MR) is 87.5 cm³/mol. The second kappa shape index (κ2) is 7.04. The third kappa shape index (κ3) is 3.48. The van der Waals surface area contributed by atoms with Crippen molar-refractivity contribution in [2.75, 3.05) is 6.61 Å². The smallest absolute Gasteiger partial charge is 0.302 e. The molecule has 6 heteroatoms. The first-order valence-electron chi connectivity index (χ1n) is 7.50. The number of carbonyl (C=O) groups excluding carboxylic acids is 1. The van der Waals surface area contributed by atoms with Gasteiger partial charge in [-0.15, -0.1) is 0 Å². The van der Waals surface area contributed by atoms with Gasteiger partial charge in [0.2, 0.25) is 0 Å². The molecule has 2 aromatic heterocycles. The molecule has 5 nitrogen and oxygen atoms in total. The number of rotatable bonds is 5. The monoisotopic (exact) mass is 325 g/mol. The van der Waals surface area contributed by atoms with Crippen molar-refractivity contribution in [1.29, 1.82) is 0 Å². The Kier molecular flexibility index (Phi) is 4.65. The summed E-state index contributed by atoms with van der Waals surface area (Å²) in [7, 11) is 0. The molecule has 2 heterocycles. The summed E-state index contributed by atoms with van der Waals surface area (Å²) in [6, 6.07) is 9.96. The molecule has 0 saturated carbocycles. The largest absolute Gasteiger partial charge is 0.464 e. The Bertz CT molecular complexity index is 829. The number of pyridine rings is 1. The maximum atomic E-state index is 13.2. The van der Waals surface area contributed by atoms with Crippen molar-refractivity contribution in [3.63, 3.8) is 0 Å². The van der Waals surface area contributed by atoms with E-state index in [2.05, 4.69) is 9.97 Å². The molecule has 0 spiro atoms. The molecule has 0 bridgehead atoms. The fourth-order valence-electron chi connectivity index (χ4n) is 2.47. The summed E-state index contributed by atoms with van der Waals surface area (Å²) >= 11 is 0. The number of aromatic nitrogens is 3. The van der Waals surface area contributed by atoms with Crippen LogP contribution in [0, 0.1) is 5.82 Å². The molecule has 0 atom stereocenters. The summed E-state index contributed by atoms with van der Waals surface area (Å²) in [6.45, 7) is 2.11. The van der Waals surface area contributed by atoms with Crippen molar-refractivity contribution >= 4 is 5.97 Å². The average Bonchev–Trinajstić information content (AvgIpc) is 3.00. The Labute approximate surface area is 138 Å². The van der Waals surface area contributed by atoms with Crippen LogP contribution in [-0.4, -0.2) is 27.1 Å². The molecular weight excluding hydrogens is 309 g/mol. The number of hydrogen-bond acceptors (Lipinski definition) is 4. The minimum absolute atomic E-state index is 0.257. The van der Waals surface area contributed by atoms with Crippen LogP contribution in [-0.2, 0) is 16.1 Å². The van der Waals surface area contributed by atoms with Gasteiger partial charge in [-0.2, -0.15) is 0 Å². The molecule has 3 rings (SSSR count). The number of ether oxygens (including phenoxy) is 1. The quantitative estimate of drug-likeness (QED) is 0.675. The van der Waals surface area contributed by atoms with Gasteiger partial charge < -0.3 is 9.30 Å². The first-order chi connectivity index (χ1) is 11.6. The van der Waals surface area contributed by atoms with Crippen molar-refractivity contribution < 1.29 is 13.9 Å². The zero-order valence-electron chi connectivity index (χ0n) is 13.1. The summed E-state index contributed by atoms with van der Waals surface area (Å²) in [5.74, 6) is -0.613. The highest BCUT2D eigenvalue weighted by atomic mass is 19.1. The second-order valence-corrected chi connectivity index (χ2v) is 5.22. The Morgan fingerprint density at radius 1 is 1.12 bits per heavy atom. The minimum atomic E-state index is -0.320. The molecule has 24 heavy (non-hydrogen) atoms. The standard InChI is InChI=1S/C18H16FN3O2/c1-13(23)24-11-10-22-12-21-17(14-2-4-16(19)5-3-14)18(22)15-6-8-20-9-7-15/h2-9,12H,10-11H2,1H3. The van der Waals surface area contributed by atoms with E-state index in [1.807, 2.05) is 16.7 Å². The maximum absolute atomic E-state index is 13.2. The Hall–Kier alpha value is -3.02. The first kappa shape index (κ1) is 15.9. The molecule has 1 aromatic carbocycles. The number of imidazole rings is 1. The lowest BCUT2D eigenvalue weighted by atomic mass is 10.1. The lowest BCUT2D eigenvalue weighted by molar-refractivity contribution is -0.141. The summed E-state index contributed by atoms with van der Waals surface area (Å²) in [4.78, 5) is 19.5. The van der Waals surface area contributed by atoms with Crippen molar-refractivity contribution in [2.24, 2.45) is 0 Å². The summed E-state index contributed by atoms with van der Waals surface area (Å²) < 4.78 is 20.1. The molecule has 0 unspecified atom stereocenters. The average molecular weight is 325 g/mol. The number of carbonyl (C=O) groups is 1. The van der Waals surface area contributed by atoms with E-state index in [0.717, 1.165) is 22.5 Å². The van der Waals surface area contributed by atoms with Gasteiger partial charge in [0.05, 0.1) is 24.3 Å². The zero-order valence-corrected chi connectivity index (χ0v) is 13.1. The van der Waals surface area contributed by atoms with Crippen molar-refractivity contribution in [1.82, 2.24) is 14.5 Å². The van der Waals surface area contributed by atoms with Crippen LogP contribution < -0.4 is 0 Å². The highest BCUT2D eigenvalue weighted by Crippen LogP contribution is 2.31. The number of halogens is 1. The highest BCUT2D eigenvalue weighted by molar-refractivity contribution is 5.78. The second-order valence-electron chi connectivity index (χ2n) is 5.22. The van der Waals surface area contributed by atoms with Gasteiger partial charge in [-0.05, 0) is 36.4 Å². The van der Waals surface area contributed by atoms with Gasteiger partial charge in [0.25, 0.3) is 0 Å². The first-order valence-corrected chi connectivity index (χ1v) is 7.50. The van der Waals surface area contributed by atoms with Crippen LogP contribution in [0.25, 0.3) is 22.5 Å². The number of hydrogen-bond donors (Lipinski definition) is 0. The molecule has 0 fully saturated rings. The van der Waals surface area contributed by atoms with Gasteiger partial charge in [-0.1, -0.05) is 0 Å². The molecule has 0 aliphatic heterocycles. The molecule has 0 aliphatic carbocycles. The van der Waals surface area contributed by atoms with Crippen LogP contribution in [0.15, 0.2) is 55.1 Å². The van der Waals surface area contributed by atoms with Crippen LogP contribution in [0.4, 0.5) is 4.39 Å². The van der Waals surface area contributed by atoms with E-state index >= 15 is 0 Å². The zero-order chi connectivity index (χ0) is 16.9. The normalized spacial score (nSPS) is 10.6. The van der Waals surface area contributed by atoms with Gasteiger partial charge in [0.15, 0.2) is 0 Å². The van der Waals surface area contributed by atoms with Gasteiger partial charge in [-0.25, -0.2) is 9.37 Å². The van der Waals surface area contributed by atoms with Crippen LogP contribution >= 0.6 is 0 Å². The Morgan fingerprint density at radius 3 is 2.50 bits per heavy atom. The third-order valence-corrected chi connectivity index (χ3v) is 3.55. The van der Waals surface area contributed by atoms with E-state index in [4.69, 9.17) is 4.74 Å². The molecule has 0 N–H and O–H groups in total. The molecule has 0 radical (unpaired) electrons. The summed E-state index contributed by atoms with van der Waals surface area (Å²) in [5, 5.41) is 0. The number of esters is 1. The fourth-order valence-corrected chi connectivity index (χ4v) is 2.47. The maximum Gasteiger partial charge on any atom is 0.302 e. The van der Waals surface area contributed by atoms with Crippen LogP contribution in [0.1, 0.15) is 6.92 Å². The topological polar surface area (TPSA) is 57.0 Å². The van der Waals surface area contributed by atoms with Gasteiger partial charge in [0, 0.05) is 30.4 Å². The lowest BCUT2D eigenvalue weighted by Gasteiger charge is -2.10. The van der Waals surface area contributed by atoms with Crippen LogP contribution in [0.2, 0.25) is 0 Å². The summed E-state index contributed by atoms with van der Waals surface area (Å²) in [5.41, 5.74) is 3.36. The molecule has 0 amide bonds. The molecule has 3 aromatic rings. The Morgan fingerprint density at radius 2 is 1.83 bits per heavy atom. The number of nitrogens with zero attached hydrogens (tertiary/aromatic N) is 3. The lowest BCUT2D eigenvalue weighted by Crippen LogP contribution is -2.09. The predicted octanol–water partition coefficient (Wildman–Crippen LogP) is 3.31. The van der Waals surface area contributed by atoms with Crippen molar-refractivity contribution in [3.05, 3.63) is 60.9 Å². The molecule has 0 saturated heterocycles. The van der Waals surface area contributed by atoms with Gasteiger partial charge in [0.1, 0.15) is 12.4 Å². The third-order valence-electron chi connectivity index (χ3n) is 3.55. The van der Waals surface area contributed by atoms with Gasteiger partial charge >= 0.3 is 5.97 Å². The van der Waals surface area contributed by atoms with Crippen LogP contribution in [0.3, 0.4) is 0 Å². The van der Waals surface area contributed by atoms with E-state index in [1.54, 1.807) is 30.9 Å². The molecule has 122 valence electrons. The van der Waals surface area contributed by atoms with Crippen LogP contribution in [0.5, 0.6) is 0 Å². The molecule has 0 aliphatic rings. The van der Waals surface area contributed by atoms with Gasteiger partial charge in [-0.3, -0.25) is 9.78 Å². The van der Waals surface area contributed by atoms with Crippen molar-refractivity contribution in [3.8, 4) is 22.5 Å². The van der Waals surface area contributed by atoms with Crippen molar-refractivity contribution in [2.45, 2.75) is 13.5 Å². The van der Waals surface area contributed by atoms with E-state index in [-0.39, 0.29) is 18.4 Å². The minimum Gasteiger partial charge on any atom is -0.464 e. The fraction of sp³-hybridized carbons (Fsp3) is 0.167. The SMILES string of the molecule is CC(=O)OCCn1cnc(-c2ccc(F)cc2)c1-c1ccncc1. The highest BCUT2D eigenvalue weighted by Gasteiger charge is 2.15.